The zero-order valence-corrected chi connectivity index (χ0v) is 13.9. The number of halogens is 2. The third kappa shape index (κ3) is 2.54. The van der Waals surface area contributed by atoms with Gasteiger partial charge in [-0.1, -0.05) is 0 Å². The molecule has 2 aromatic rings. The molecule has 0 radical (unpaired) electrons. The van der Waals surface area contributed by atoms with Crippen LogP contribution in [0, 0.1) is 11.6 Å². The number of fused-ring (bicyclic) bond motifs is 2. The number of ether oxygens (including phenoxy) is 1. The van der Waals surface area contributed by atoms with Gasteiger partial charge in [0, 0.05) is 24.0 Å². The Morgan fingerprint density at radius 3 is 2.75 bits per heavy atom. The summed E-state index contributed by atoms with van der Waals surface area (Å²) >= 11 is 1.71. The number of piperidine rings is 1. The van der Waals surface area contributed by atoms with Crippen molar-refractivity contribution in [3.63, 3.8) is 0 Å². The van der Waals surface area contributed by atoms with Crippen LogP contribution in [-0.4, -0.2) is 30.5 Å². The second-order valence-corrected chi connectivity index (χ2v) is 7.20. The zero-order valence-electron chi connectivity index (χ0n) is 13.1. The summed E-state index contributed by atoms with van der Waals surface area (Å²) in [6.45, 7) is 1.71. The fourth-order valence-electron chi connectivity index (χ4n) is 3.63. The molecule has 24 heavy (non-hydrogen) atoms. The maximum absolute atomic E-state index is 13.8. The Morgan fingerprint density at radius 2 is 2.00 bits per heavy atom. The van der Waals surface area contributed by atoms with E-state index < -0.39 is 11.6 Å². The van der Waals surface area contributed by atoms with Crippen molar-refractivity contribution >= 4 is 17.2 Å². The van der Waals surface area contributed by atoms with Gasteiger partial charge in [0.15, 0.2) is 0 Å². The molecule has 3 heterocycles. The Labute approximate surface area is 142 Å². The normalized spacial score (nSPS) is 19.3. The second-order valence-electron chi connectivity index (χ2n) is 6.28. The standard InChI is InChI=1S/C18H17F2NO2S/c19-13-1-2-14(15(20)11-13)17(22)21-7-5-18(6-8-21)16-12(3-9-23-18)4-10-24-16/h1-2,4,10-11H,3,5-9H2. The van der Waals surface area contributed by atoms with Crippen molar-refractivity contribution in [2.75, 3.05) is 19.7 Å². The maximum Gasteiger partial charge on any atom is 0.256 e. The minimum atomic E-state index is -0.810. The van der Waals surface area contributed by atoms with E-state index in [0.717, 1.165) is 18.6 Å². The topological polar surface area (TPSA) is 29.5 Å². The van der Waals surface area contributed by atoms with Gasteiger partial charge in [-0.25, -0.2) is 8.78 Å². The molecule has 3 nitrogen and oxygen atoms in total. The SMILES string of the molecule is O=C(c1ccc(F)cc1F)N1CCC2(CC1)OCCc1ccsc12. The lowest BCUT2D eigenvalue weighted by Crippen LogP contribution is -2.48. The fourth-order valence-corrected chi connectivity index (χ4v) is 4.80. The van der Waals surface area contributed by atoms with Crippen molar-refractivity contribution in [3.8, 4) is 0 Å². The van der Waals surface area contributed by atoms with Gasteiger partial charge in [-0.2, -0.15) is 0 Å². The average Bonchev–Trinajstić information content (AvgIpc) is 3.05. The molecule has 1 aromatic heterocycles. The quantitative estimate of drug-likeness (QED) is 0.785. The van der Waals surface area contributed by atoms with Crippen LogP contribution in [0.3, 0.4) is 0 Å². The van der Waals surface area contributed by atoms with Gasteiger partial charge >= 0.3 is 0 Å². The van der Waals surface area contributed by atoms with Gasteiger partial charge in [0.05, 0.1) is 12.2 Å². The van der Waals surface area contributed by atoms with Crippen LogP contribution in [0.2, 0.25) is 0 Å². The average molecular weight is 349 g/mol. The highest BCUT2D eigenvalue weighted by Gasteiger charge is 2.42. The number of nitrogens with zero attached hydrogens (tertiary/aromatic N) is 1. The Hall–Kier alpha value is -1.79. The molecule has 0 bridgehead atoms. The van der Waals surface area contributed by atoms with Gasteiger partial charge in [-0.15, -0.1) is 11.3 Å². The van der Waals surface area contributed by atoms with E-state index in [2.05, 4.69) is 11.4 Å². The minimum Gasteiger partial charge on any atom is -0.369 e. The molecule has 1 saturated heterocycles. The molecular formula is C18H17F2NO2S. The number of likely N-dealkylation sites (tertiary alicyclic amines) is 1. The molecule has 1 fully saturated rings. The van der Waals surface area contributed by atoms with Crippen molar-refractivity contribution < 1.29 is 18.3 Å². The van der Waals surface area contributed by atoms with Crippen LogP contribution in [-0.2, 0) is 16.8 Å². The van der Waals surface area contributed by atoms with E-state index in [4.69, 9.17) is 4.74 Å². The lowest BCUT2D eigenvalue weighted by atomic mass is 9.85. The molecule has 0 unspecified atom stereocenters. The van der Waals surface area contributed by atoms with Gasteiger partial charge in [0.2, 0.25) is 0 Å². The van der Waals surface area contributed by atoms with E-state index in [-0.39, 0.29) is 17.1 Å². The first-order chi connectivity index (χ1) is 11.6. The van der Waals surface area contributed by atoms with E-state index in [1.807, 2.05) is 0 Å². The van der Waals surface area contributed by atoms with Crippen LogP contribution >= 0.6 is 11.3 Å². The van der Waals surface area contributed by atoms with Crippen LogP contribution in [0.15, 0.2) is 29.6 Å². The predicted molar refractivity (Wildman–Crippen MR) is 87.1 cm³/mol. The monoisotopic (exact) mass is 349 g/mol. The molecule has 1 aromatic carbocycles. The first kappa shape index (κ1) is 15.7. The molecule has 2 aliphatic rings. The number of hydrogen-bond donors (Lipinski definition) is 0. The maximum atomic E-state index is 13.8. The van der Waals surface area contributed by atoms with Gasteiger partial charge in [0.25, 0.3) is 5.91 Å². The van der Waals surface area contributed by atoms with E-state index in [1.54, 1.807) is 16.2 Å². The summed E-state index contributed by atoms with van der Waals surface area (Å²) in [4.78, 5) is 15.4. The molecule has 0 saturated carbocycles. The van der Waals surface area contributed by atoms with E-state index in [9.17, 15) is 13.6 Å². The number of carbonyl (C=O) groups excluding carboxylic acids is 1. The van der Waals surface area contributed by atoms with Crippen molar-refractivity contribution in [1.82, 2.24) is 4.90 Å². The van der Waals surface area contributed by atoms with Crippen LogP contribution in [0.5, 0.6) is 0 Å². The van der Waals surface area contributed by atoms with Crippen LogP contribution < -0.4 is 0 Å². The van der Waals surface area contributed by atoms with Crippen molar-refractivity contribution in [3.05, 3.63) is 57.3 Å². The number of rotatable bonds is 1. The largest absolute Gasteiger partial charge is 0.369 e. The Morgan fingerprint density at radius 1 is 1.21 bits per heavy atom. The van der Waals surface area contributed by atoms with Crippen molar-refractivity contribution in [2.45, 2.75) is 24.9 Å². The summed E-state index contributed by atoms with van der Waals surface area (Å²) in [5.41, 5.74) is 0.962. The second kappa shape index (κ2) is 5.93. The first-order valence-electron chi connectivity index (χ1n) is 8.04. The van der Waals surface area contributed by atoms with Gasteiger partial charge in [0.1, 0.15) is 17.2 Å². The molecule has 0 N–H and O–H groups in total. The number of thiophene rings is 1. The summed E-state index contributed by atoms with van der Waals surface area (Å²) in [5.74, 6) is -1.87. The van der Waals surface area contributed by atoms with E-state index in [1.165, 1.54) is 16.5 Å². The minimum absolute atomic E-state index is 0.0753. The highest BCUT2D eigenvalue weighted by atomic mass is 32.1. The van der Waals surface area contributed by atoms with Crippen LogP contribution in [0.1, 0.15) is 33.6 Å². The van der Waals surface area contributed by atoms with Crippen molar-refractivity contribution in [1.29, 1.82) is 0 Å². The van der Waals surface area contributed by atoms with Gasteiger partial charge < -0.3 is 9.64 Å². The number of carbonyl (C=O) groups is 1. The molecule has 126 valence electrons. The van der Waals surface area contributed by atoms with Crippen LogP contribution in [0.25, 0.3) is 0 Å². The summed E-state index contributed by atoms with van der Waals surface area (Å²) in [6.07, 6.45) is 2.34. The number of hydrogen-bond acceptors (Lipinski definition) is 3. The molecule has 6 heteroatoms. The summed E-state index contributed by atoms with van der Waals surface area (Å²) in [7, 11) is 0. The molecule has 1 amide bonds. The van der Waals surface area contributed by atoms with Gasteiger partial charge in [-0.3, -0.25) is 4.79 Å². The first-order valence-corrected chi connectivity index (χ1v) is 8.92. The summed E-state index contributed by atoms with van der Waals surface area (Å²) in [6, 6.07) is 5.23. The highest BCUT2D eigenvalue weighted by Crippen LogP contribution is 2.44. The molecular weight excluding hydrogens is 332 g/mol. The van der Waals surface area contributed by atoms with Gasteiger partial charge in [-0.05, 0) is 48.4 Å². The highest BCUT2D eigenvalue weighted by molar-refractivity contribution is 7.10. The number of benzene rings is 1. The molecule has 0 aliphatic carbocycles. The Balaban J connectivity index is 1.52. The predicted octanol–water partition coefficient (Wildman–Crippen LogP) is 3.73. The lowest BCUT2D eigenvalue weighted by molar-refractivity contribution is -0.0906. The zero-order chi connectivity index (χ0) is 16.7. The molecule has 4 rings (SSSR count). The van der Waals surface area contributed by atoms with Crippen molar-refractivity contribution in [2.24, 2.45) is 0 Å². The van der Waals surface area contributed by atoms with Crippen LogP contribution in [0.4, 0.5) is 8.78 Å². The summed E-state index contributed by atoms with van der Waals surface area (Å²) < 4.78 is 33.0. The number of amides is 1. The fraction of sp³-hybridized carbons (Fsp3) is 0.389. The smallest absolute Gasteiger partial charge is 0.256 e. The Kier molecular flexibility index (Phi) is 3.89. The molecule has 1 spiro atoms. The lowest BCUT2D eigenvalue weighted by Gasteiger charge is -2.43. The third-order valence-electron chi connectivity index (χ3n) is 4.93. The van der Waals surface area contributed by atoms with E-state index >= 15 is 0 Å². The molecule has 2 aliphatic heterocycles. The van der Waals surface area contributed by atoms with E-state index in [0.29, 0.717) is 32.5 Å². The molecule has 0 atom stereocenters. The Bertz CT molecular complexity index is 781. The summed E-state index contributed by atoms with van der Waals surface area (Å²) in [5, 5.41) is 2.09. The third-order valence-corrected chi connectivity index (χ3v) is 6.07.